The zero-order chi connectivity index (χ0) is 14.2. The van der Waals surface area contributed by atoms with Gasteiger partial charge in [0.25, 0.3) is 0 Å². The topological polar surface area (TPSA) is 63.3 Å². The summed E-state index contributed by atoms with van der Waals surface area (Å²) in [6.07, 6.45) is 3.14. The number of rotatable bonds is 3. The molecular formula is C16H17NO3. The maximum atomic E-state index is 11.6. The highest BCUT2D eigenvalue weighted by atomic mass is 16.5. The van der Waals surface area contributed by atoms with Crippen molar-refractivity contribution in [3.05, 3.63) is 41.6 Å². The SMILES string of the molecule is Cc1ccc(-c2cc(C3(C(=O)O)CCCC3)no2)cc1. The monoisotopic (exact) mass is 271 g/mol. The number of hydrogen-bond donors (Lipinski definition) is 1. The first-order chi connectivity index (χ1) is 9.62. The van der Waals surface area contributed by atoms with E-state index < -0.39 is 11.4 Å². The van der Waals surface area contributed by atoms with Crippen LogP contribution in [0.4, 0.5) is 0 Å². The van der Waals surface area contributed by atoms with Gasteiger partial charge in [0, 0.05) is 11.6 Å². The molecule has 0 radical (unpaired) electrons. The standard InChI is InChI=1S/C16H17NO3/c1-11-4-6-12(7-5-11)13-10-14(17-20-13)16(15(18)19)8-2-3-9-16/h4-7,10H,2-3,8-9H2,1H3,(H,18,19). The Morgan fingerprint density at radius 1 is 1.25 bits per heavy atom. The second-order valence-corrected chi connectivity index (χ2v) is 5.54. The summed E-state index contributed by atoms with van der Waals surface area (Å²) in [5, 5.41) is 13.6. The van der Waals surface area contributed by atoms with Gasteiger partial charge >= 0.3 is 5.97 Å². The molecule has 4 heteroatoms. The fourth-order valence-corrected chi connectivity index (χ4v) is 2.91. The van der Waals surface area contributed by atoms with E-state index in [1.165, 1.54) is 5.56 Å². The maximum Gasteiger partial charge on any atom is 0.315 e. The molecule has 1 N–H and O–H groups in total. The van der Waals surface area contributed by atoms with Crippen molar-refractivity contribution < 1.29 is 14.4 Å². The minimum absolute atomic E-state index is 0.554. The van der Waals surface area contributed by atoms with E-state index in [4.69, 9.17) is 4.52 Å². The lowest BCUT2D eigenvalue weighted by Gasteiger charge is -2.19. The molecular weight excluding hydrogens is 254 g/mol. The highest BCUT2D eigenvalue weighted by molar-refractivity contribution is 5.81. The van der Waals surface area contributed by atoms with Crippen LogP contribution in [-0.4, -0.2) is 16.2 Å². The molecule has 0 amide bonds. The molecule has 1 aliphatic rings. The van der Waals surface area contributed by atoms with Crippen LogP contribution in [0.3, 0.4) is 0 Å². The smallest absolute Gasteiger partial charge is 0.315 e. The van der Waals surface area contributed by atoms with Crippen LogP contribution in [-0.2, 0) is 10.2 Å². The van der Waals surface area contributed by atoms with Crippen molar-refractivity contribution in [2.45, 2.75) is 38.0 Å². The highest BCUT2D eigenvalue weighted by Gasteiger charge is 2.45. The van der Waals surface area contributed by atoms with Gasteiger partial charge in [0.2, 0.25) is 0 Å². The number of aryl methyl sites for hydroxylation is 1. The summed E-state index contributed by atoms with van der Waals surface area (Å²) in [6, 6.07) is 9.70. The molecule has 1 aromatic carbocycles. The zero-order valence-electron chi connectivity index (χ0n) is 11.4. The quantitative estimate of drug-likeness (QED) is 0.927. The Balaban J connectivity index is 1.97. The van der Waals surface area contributed by atoms with Crippen LogP contribution >= 0.6 is 0 Å². The van der Waals surface area contributed by atoms with Crippen LogP contribution < -0.4 is 0 Å². The number of carbonyl (C=O) groups is 1. The average molecular weight is 271 g/mol. The molecule has 1 fully saturated rings. The Kier molecular flexibility index (Phi) is 3.08. The van der Waals surface area contributed by atoms with Crippen LogP contribution in [0.2, 0.25) is 0 Å². The molecule has 104 valence electrons. The Bertz CT molecular complexity index is 621. The minimum Gasteiger partial charge on any atom is -0.481 e. The Morgan fingerprint density at radius 2 is 1.90 bits per heavy atom. The van der Waals surface area contributed by atoms with Gasteiger partial charge in [0.1, 0.15) is 11.1 Å². The number of carboxylic acids is 1. The van der Waals surface area contributed by atoms with E-state index in [-0.39, 0.29) is 0 Å². The van der Waals surface area contributed by atoms with Gasteiger partial charge in [-0.15, -0.1) is 0 Å². The van der Waals surface area contributed by atoms with Gasteiger partial charge in [-0.1, -0.05) is 47.8 Å². The molecule has 1 aromatic heterocycles. The van der Waals surface area contributed by atoms with Crippen LogP contribution in [0.1, 0.15) is 36.9 Å². The molecule has 3 rings (SSSR count). The maximum absolute atomic E-state index is 11.6. The fourth-order valence-electron chi connectivity index (χ4n) is 2.91. The predicted octanol–water partition coefficient (Wildman–Crippen LogP) is 3.55. The lowest BCUT2D eigenvalue weighted by atomic mass is 9.82. The van der Waals surface area contributed by atoms with Gasteiger partial charge in [-0.3, -0.25) is 4.79 Å². The third kappa shape index (κ3) is 2.01. The van der Waals surface area contributed by atoms with Crippen molar-refractivity contribution in [2.75, 3.05) is 0 Å². The van der Waals surface area contributed by atoms with Crippen molar-refractivity contribution in [3.63, 3.8) is 0 Å². The van der Waals surface area contributed by atoms with Crippen LogP contribution in [0.5, 0.6) is 0 Å². The lowest BCUT2D eigenvalue weighted by Crippen LogP contribution is -2.32. The Morgan fingerprint density at radius 3 is 2.50 bits per heavy atom. The number of hydrogen-bond acceptors (Lipinski definition) is 3. The van der Waals surface area contributed by atoms with Crippen molar-refractivity contribution in [1.82, 2.24) is 5.16 Å². The zero-order valence-corrected chi connectivity index (χ0v) is 11.4. The molecule has 0 saturated heterocycles. The highest BCUT2D eigenvalue weighted by Crippen LogP contribution is 2.41. The summed E-state index contributed by atoms with van der Waals surface area (Å²) in [6.45, 7) is 2.02. The Hall–Kier alpha value is -2.10. The normalized spacial score (nSPS) is 17.2. The van der Waals surface area contributed by atoms with E-state index in [0.29, 0.717) is 24.3 Å². The average Bonchev–Trinajstić information content (AvgIpc) is 3.09. The van der Waals surface area contributed by atoms with Crippen molar-refractivity contribution in [3.8, 4) is 11.3 Å². The van der Waals surface area contributed by atoms with E-state index >= 15 is 0 Å². The molecule has 1 aliphatic carbocycles. The Labute approximate surface area is 117 Å². The second kappa shape index (κ2) is 4.78. The third-order valence-electron chi connectivity index (χ3n) is 4.20. The van der Waals surface area contributed by atoms with Gasteiger partial charge in [-0.2, -0.15) is 0 Å². The van der Waals surface area contributed by atoms with Crippen LogP contribution in [0, 0.1) is 6.92 Å². The van der Waals surface area contributed by atoms with E-state index in [9.17, 15) is 9.90 Å². The van der Waals surface area contributed by atoms with Gasteiger partial charge in [0.15, 0.2) is 5.76 Å². The molecule has 0 unspecified atom stereocenters. The number of benzene rings is 1. The first-order valence-corrected chi connectivity index (χ1v) is 6.89. The molecule has 1 saturated carbocycles. The molecule has 0 aliphatic heterocycles. The number of aromatic nitrogens is 1. The van der Waals surface area contributed by atoms with Gasteiger partial charge in [-0.25, -0.2) is 0 Å². The first kappa shape index (κ1) is 12.9. The molecule has 4 nitrogen and oxygen atoms in total. The van der Waals surface area contributed by atoms with Crippen LogP contribution in [0.25, 0.3) is 11.3 Å². The summed E-state index contributed by atoms with van der Waals surface area (Å²) in [5.74, 6) is -0.161. The first-order valence-electron chi connectivity index (χ1n) is 6.89. The van der Waals surface area contributed by atoms with Crippen LogP contribution in [0.15, 0.2) is 34.9 Å². The lowest BCUT2D eigenvalue weighted by molar-refractivity contribution is -0.143. The van der Waals surface area contributed by atoms with Gasteiger partial charge in [0.05, 0.1) is 0 Å². The number of nitrogens with zero attached hydrogens (tertiary/aromatic N) is 1. The summed E-state index contributed by atoms with van der Waals surface area (Å²) in [7, 11) is 0. The van der Waals surface area contributed by atoms with Crippen molar-refractivity contribution in [1.29, 1.82) is 0 Å². The molecule has 1 heterocycles. The van der Waals surface area contributed by atoms with E-state index in [1.807, 2.05) is 31.2 Å². The minimum atomic E-state index is -0.855. The summed E-state index contributed by atoms with van der Waals surface area (Å²) >= 11 is 0. The molecule has 0 atom stereocenters. The summed E-state index contributed by atoms with van der Waals surface area (Å²) in [4.78, 5) is 11.6. The predicted molar refractivity (Wildman–Crippen MR) is 74.5 cm³/mol. The van der Waals surface area contributed by atoms with E-state index in [2.05, 4.69) is 5.16 Å². The van der Waals surface area contributed by atoms with E-state index in [0.717, 1.165) is 18.4 Å². The van der Waals surface area contributed by atoms with E-state index in [1.54, 1.807) is 6.07 Å². The summed E-state index contributed by atoms with van der Waals surface area (Å²) < 4.78 is 5.36. The molecule has 2 aromatic rings. The second-order valence-electron chi connectivity index (χ2n) is 5.54. The third-order valence-corrected chi connectivity index (χ3v) is 4.20. The molecule has 0 bridgehead atoms. The fraction of sp³-hybridized carbons (Fsp3) is 0.375. The largest absolute Gasteiger partial charge is 0.481 e. The number of carboxylic acid groups (broad SMARTS) is 1. The molecule has 20 heavy (non-hydrogen) atoms. The molecule has 0 spiro atoms. The summed E-state index contributed by atoms with van der Waals surface area (Å²) in [5.41, 5.74) is 1.80. The van der Waals surface area contributed by atoms with Crippen molar-refractivity contribution >= 4 is 5.97 Å². The van der Waals surface area contributed by atoms with Crippen molar-refractivity contribution in [2.24, 2.45) is 0 Å². The number of aliphatic carboxylic acids is 1. The van der Waals surface area contributed by atoms with Gasteiger partial charge in [-0.05, 0) is 19.8 Å². The van der Waals surface area contributed by atoms with Gasteiger partial charge < -0.3 is 9.63 Å².